The van der Waals surface area contributed by atoms with E-state index in [1.807, 2.05) is 28.9 Å². The summed E-state index contributed by atoms with van der Waals surface area (Å²) >= 11 is 1.64. The third-order valence-electron chi connectivity index (χ3n) is 10.2. The summed E-state index contributed by atoms with van der Waals surface area (Å²) in [6, 6.07) is 11.5. The van der Waals surface area contributed by atoms with E-state index in [0.717, 1.165) is 96.8 Å². The average molecular weight is 669 g/mol. The lowest BCUT2D eigenvalue weighted by Gasteiger charge is -2.40. The van der Waals surface area contributed by atoms with Gasteiger partial charge in [-0.2, -0.15) is 10.4 Å². The molecule has 12 nitrogen and oxygen atoms in total. The van der Waals surface area contributed by atoms with Crippen LogP contribution in [0, 0.1) is 29.1 Å². The van der Waals surface area contributed by atoms with Crippen LogP contribution in [0.5, 0.6) is 0 Å². The quantitative estimate of drug-likeness (QED) is 0.260. The van der Waals surface area contributed by atoms with Crippen molar-refractivity contribution in [3.05, 3.63) is 42.2 Å². The van der Waals surface area contributed by atoms with Gasteiger partial charge in [-0.15, -0.1) is 10.2 Å². The molecule has 0 spiro atoms. The number of nitrogens with zero attached hydrogens (tertiary/aromatic N) is 8. The van der Waals surface area contributed by atoms with E-state index in [-0.39, 0.29) is 6.04 Å². The molecule has 1 aliphatic carbocycles. The molecule has 2 N–H and O–H groups in total. The number of nitriles is 1. The fourth-order valence-corrected chi connectivity index (χ4v) is 8.49. The van der Waals surface area contributed by atoms with E-state index in [1.165, 1.54) is 12.8 Å². The number of carbonyl (C=O) groups excluding carboxylic acids is 1. The van der Waals surface area contributed by atoms with Gasteiger partial charge in [-0.1, -0.05) is 11.3 Å². The molecule has 0 unspecified atom stereocenters. The van der Waals surface area contributed by atoms with Crippen LogP contribution in [-0.2, 0) is 9.53 Å². The van der Waals surface area contributed by atoms with Gasteiger partial charge in [-0.3, -0.25) is 9.88 Å². The van der Waals surface area contributed by atoms with Crippen molar-refractivity contribution in [2.24, 2.45) is 17.8 Å². The number of anilines is 2. The number of pyridine rings is 1. The third kappa shape index (κ3) is 6.67. The molecular weight excluding hydrogens is 625 g/mol. The van der Waals surface area contributed by atoms with Gasteiger partial charge < -0.3 is 25.1 Å². The third-order valence-corrected chi connectivity index (χ3v) is 11.2. The summed E-state index contributed by atoms with van der Waals surface area (Å²) in [6.45, 7) is 10.3. The molecule has 2 bridgehead atoms. The number of likely N-dealkylation sites (tertiary alicyclic amines) is 1. The van der Waals surface area contributed by atoms with E-state index >= 15 is 0 Å². The number of ether oxygens (including phenoxy) is 1. The van der Waals surface area contributed by atoms with Crippen molar-refractivity contribution in [1.29, 1.82) is 5.26 Å². The fraction of sp³-hybridized carbons (Fsp3) is 0.543. The largest absolute Gasteiger partial charge is 0.382 e. The SMILES string of the molecule is CNC1[C@H]2CC[C@H]1CN(c1nnc(-c3cnc(-c4ccc5cc(C#N)cnn45)cc3NC(C)C)s1)C2.O=CC1CCN(C2COC2)CC1. The molecule has 4 fully saturated rings. The predicted octanol–water partition coefficient (Wildman–Crippen LogP) is 4.34. The zero-order chi connectivity index (χ0) is 33.2. The minimum Gasteiger partial charge on any atom is -0.382 e. The van der Waals surface area contributed by atoms with Crippen LogP contribution in [0.15, 0.2) is 36.7 Å². The van der Waals surface area contributed by atoms with Gasteiger partial charge in [0.1, 0.15) is 12.4 Å². The number of rotatable bonds is 8. The normalized spacial score (nSPS) is 23.1. The molecule has 8 rings (SSSR count). The molecule has 4 aliphatic rings. The maximum atomic E-state index is 10.5. The molecule has 252 valence electrons. The summed E-state index contributed by atoms with van der Waals surface area (Å²) in [6.07, 6.45) is 9.21. The number of aromatic nitrogens is 5. The maximum absolute atomic E-state index is 10.5. The standard InChI is InChI=1S/C26H29N9S.C9H15NO2/c1-15(2)31-21-9-22(23-7-6-19-8-16(10-27)11-30-35(19)23)29-12-20(21)25-32-33-26(36-25)34-13-17-4-5-18(14-34)24(17)28-3;11-5-8-1-3-10(4-2-8)9-6-12-7-9/h6-9,11-12,15,17-18,24,28H,4-5,13-14H2,1-3H3,(H,29,31);5,8-9H,1-4,6-7H2/t17-,18-;/m0./s1. The molecule has 2 atom stereocenters. The second kappa shape index (κ2) is 14.3. The Morgan fingerprint density at radius 2 is 1.83 bits per heavy atom. The summed E-state index contributed by atoms with van der Waals surface area (Å²) in [5.41, 5.74) is 4.98. The van der Waals surface area contributed by atoms with Crippen LogP contribution >= 0.6 is 11.3 Å². The highest BCUT2D eigenvalue weighted by Gasteiger charge is 2.42. The first-order valence-electron chi connectivity index (χ1n) is 17.1. The van der Waals surface area contributed by atoms with Crippen LogP contribution in [-0.4, -0.2) is 101 Å². The fourth-order valence-electron chi connectivity index (χ4n) is 7.61. The lowest BCUT2D eigenvalue weighted by Crippen LogP contribution is -2.51. The molecular formula is C35H44N10O2S. The van der Waals surface area contributed by atoms with E-state index in [4.69, 9.17) is 9.72 Å². The van der Waals surface area contributed by atoms with Crippen LogP contribution in [0.3, 0.4) is 0 Å². The number of fused-ring (bicyclic) bond motifs is 3. The highest BCUT2D eigenvalue weighted by molar-refractivity contribution is 7.18. The van der Waals surface area contributed by atoms with Gasteiger partial charge in [0.05, 0.1) is 53.5 Å². The van der Waals surface area contributed by atoms with E-state index in [1.54, 1.807) is 17.5 Å². The number of piperidine rings is 2. The predicted molar refractivity (Wildman–Crippen MR) is 187 cm³/mol. The number of hydrogen-bond donors (Lipinski definition) is 2. The Labute approximate surface area is 285 Å². The average Bonchev–Trinajstić information content (AvgIpc) is 3.80. The summed E-state index contributed by atoms with van der Waals surface area (Å²) in [4.78, 5) is 20.1. The summed E-state index contributed by atoms with van der Waals surface area (Å²) in [5.74, 6) is 1.67. The summed E-state index contributed by atoms with van der Waals surface area (Å²) in [7, 11) is 2.09. The molecule has 0 amide bonds. The molecule has 13 heteroatoms. The van der Waals surface area contributed by atoms with Gasteiger partial charge in [-0.05, 0) is 95.8 Å². The van der Waals surface area contributed by atoms with Gasteiger partial charge in [-0.25, -0.2) is 4.52 Å². The molecule has 7 heterocycles. The number of carbonyl (C=O) groups is 1. The van der Waals surface area contributed by atoms with Crippen LogP contribution in [0.1, 0.15) is 45.1 Å². The summed E-state index contributed by atoms with van der Waals surface area (Å²) < 4.78 is 6.94. The van der Waals surface area contributed by atoms with Crippen molar-refractivity contribution in [3.8, 4) is 28.0 Å². The van der Waals surface area contributed by atoms with Crippen molar-refractivity contribution < 1.29 is 9.53 Å². The van der Waals surface area contributed by atoms with E-state index in [2.05, 4.69) is 68.8 Å². The van der Waals surface area contributed by atoms with Crippen molar-refractivity contribution in [2.45, 2.75) is 57.7 Å². The molecule has 3 aliphatic heterocycles. The Morgan fingerprint density at radius 1 is 1.06 bits per heavy atom. The van der Waals surface area contributed by atoms with Crippen LogP contribution in [0.2, 0.25) is 0 Å². The minimum atomic E-state index is 0.239. The molecule has 4 aromatic heterocycles. The van der Waals surface area contributed by atoms with Crippen LogP contribution in [0.25, 0.3) is 27.5 Å². The van der Waals surface area contributed by atoms with E-state index in [0.29, 0.717) is 35.4 Å². The number of aldehydes is 1. The first-order chi connectivity index (χ1) is 23.4. The molecule has 3 saturated heterocycles. The maximum Gasteiger partial charge on any atom is 0.208 e. The first-order valence-corrected chi connectivity index (χ1v) is 17.9. The van der Waals surface area contributed by atoms with Crippen molar-refractivity contribution >= 4 is 34.0 Å². The van der Waals surface area contributed by atoms with Crippen molar-refractivity contribution in [3.63, 3.8) is 0 Å². The summed E-state index contributed by atoms with van der Waals surface area (Å²) in [5, 5.41) is 31.8. The zero-order valence-electron chi connectivity index (χ0n) is 27.9. The van der Waals surface area contributed by atoms with Crippen LogP contribution < -0.4 is 15.5 Å². The van der Waals surface area contributed by atoms with Gasteiger partial charge in [0.25, 0.3) is 0 Å². The first kappa shape index (κ1) is 32.6. The second-order valence-corrected chi connectivity index (χ2v) is 14.7. The topological polar surface area (TPSA) is 137 Å². The lowest BCUT2D eigenvalue weighted by atomic mass is 9.93. The molecule has 48 heavy (non-hydrogen) atoms. The van der Waals surface area contributed by atoms with Gasteiger partial charge in [0, 0.05) is 43.0 Å². The molecule has 0 radical (unpaired) electrons. The highest BCUT2D eigenvalue weighted by Crippen LogP contribution is 2.41. The van der Waals surface area contributed by atoms with Crippen molar-refractivity contribution in [2.75, 3.05) is 56.7 Å². The highest BCUT2D eigenvalue weighted by atomic mass is 32.1. The second-order valence-electron chi connectivity index (χ2n) is 13.7. The van der Waals surface area contributed by atoms with Gasteiger partial charge in [0.2, 0.25) is 5.13 Å². The Morgan fingerprint density at radius 3 is 2.48 bits per heavy atom. The Kier molecular flexibility index (Phi) is 9.68. The lowest BCUT2D eigenvalue weighted by molar-refractivity contribution is -0.114. The number of hydrogen-bond acceptors (Lipinski definition) is 12. The zero-order valence-corrected chi connectivity index (χ0v) is 28.7. The number of nitrogens with one attached hydrogen (secondary N) is 2. The Balaban J connectivity index is 0.000000255. The van der Waals surface area contributed by atoms with Gasteiger partial charge >= 0.3 is 0 Å². The smallest absolute Gasteiger partial charge is 0.208 e. The molecule has 0 aromatic carbocycles. The Hall–Kier alpha value is -3.96. The minimum absolute atomic E-state index is 0.239. The van der Waals surface area contributed by atoms with E-state index < -0.39 is 0 Å². The van der Waals surface area contributed by atoms with E-state index in [9.17, 15) is 10.1 Å². The van der Waals surface area contributed by atoms with Gasteiger partial charge in [0.15, 0.2) is 5.01 Å². The van der Waals surface area contributed by atoms with Crippen LogP contribution in [0.4, 0.5) is 10.8 Å². The Bertz CT molecular complexity index is 1760. The monoisotopic (exact) mass is 668 g/mol. The van der Waals surface area contributed by atoms with Crippen molar-refractivity contribution in [1.82, 2.24) is 35.0 Å². The molecule has 1 saturated carbocycles. The molecule has 4 aromatic rings.